The van der Waals surface area contributed by atoms with Gasteiger partial charge in [0.1, 0.15) is 0 Å². The second-order valence-electron chi connectivity index (χ2n) is 6.41. The number of carbonyl (C=O) groups is 1. The minimum absolute atomic E-state index is 0.189. The van der Waals surface area contributed by atoms with Crippen molar-refractivity contribution in [3.63, 3.8) is 0 Å². The summed E-state index contributed by atoms with van der Waals surface area (Å²) in [6.45, 7) is 2.68. The number of hydrogen-bond acceptors (Lipinski definition) is 2. The molecule has 128 valence electrons. The number of nitrogens with zero attached hydrogens (tertiary/aromatic N) is 1. The Morgan fingerprint density at radius 1 is 1.08 bits per heavy atom. The third kappa shape index (κ3) is 3.45. The molecule has 0 atom stereocenters. The summed E-state index contributed by atoms with van der Waals surface area (Å²) in [5, 5.41) is 7.01. The second-order valence-corrected chi connectivity index (χ2v) is 6.41. The molecule has 25 heavy (non-hydrogen) atoms. The van der Waals surface area contributed by atoms with E-state index in [0.717, 1.165) is 35.2 Å². The average molecular weight is 334 g/mol. The summed E-state index contributed by atoms with van der Waals surface area (Å²) in [5.41, 5.74) is 4.17. The number of nitrogens with one attached hydrogen (secondary N) is 3. The summed E-state index contributed by atoms with van der Waals surface area (Å²) < 4.78 is 0. The molecule has 1 aliphatic rings. The Balaban J connectivity index is 1.39. The molecule has 0 unspecified atom stereocenters. The molecule has 0 spiro atoms. The predicted octanol–water partition coefficient (Wildman–Crippen LogP) is 4.09. The van der Waals surface area contributed by atoms with Gasteiger partial charge in [-0.25, -0.2) is 4.79 Å². The van der Waals surface area contributed by atoms with E-state index in [-0.39, 0.29) is 6.03 Å². The van der Waals surface area contributed by atoms with Crippen LogP contribution in [-0.4, -0.2) is 24.1 Å². The standard InChI is InChI=1S/C20H22N4O/c25-20(22-14-15-5-3-8-19-18(15)9-10-21-19)23-16-6-4-7-17(13-16)24-11-1-2-12-24/h3-10,13,21H,1-2,11-12,14H2,(H2,22,23,25). The maximum Gasteiger partial charge on any atom is 0.319 e. The molecule has 1 fully saturated rings. The van der Waals surface area contributed by atoms with E-state index in [1.807, 2.05) is 48.7 Å². The lowest BCUT2D eigenvalue weighted by molar-refractivity contribution is 0.252. The van der Waals surface area contributed by atoms with Crippen LogP contribution in [0.3, 0.4) is 0 Å². The van der Waals surface area contributed by atoms with Gasteiger partial charge >= 0.3 is 6.03 Å². The zero-order chi connectivity index (χ0) is 17.1. The van der Waals surface area contributed by atoms with Gasteiger partial charge in [-0.05, 0) is 48.7 Å². The van der Waals surface area contributed by atoms with E-state index in [2.05, 4.69) is 26.6 Å². The molecule has 2 heterocycles. The summed E-state index contributed by atoms with van der Waals surface area (Å²) in [6.07, 6.45) is 4.39. The van der Waals surface area contributed by atoms with Gasteiger partial charge in [0, 0.05) is 48.1 Å². The lowest BCUT2D eigenvalue weighted by atomic mass is 10.1. The number of anilines is 2. The van der Waals surface area contributed by atoms with E-state index < -0.39 is 0 Å². The number of aromatic nitrogens is 1. The average Bonchev–Trinajstić information content (AvgIpc) is 3.31. The van der Waals surface area contributed by atoms with Crippen LogP contribution in [0.1, 0.15) is 18.4 Å². The molecule has 0 saturated carbocycles. The minimum atomic E-state index is -0.189. The molecule has 1 saturated heterocycles. The maximum absolute atomic E-state index is 12.2. The quantitative estimate of drug-likeness (QED) is 0.673. The number of rotatable bonds is 4. The van der Waals surface area contributed by atoms with Crippen molar-refractivity contribution >= 4 is 28.3 Å². The molecule has 0 bridgehead atoms. The van der Waals surface area contributed by atoms with Gasteiger partial charge in [-0.3, -0.25) is 0 Å². The lowest BCUT2D eigenvalue weighted by Gasteiger charge is -2.18. The lowest BCUT2D eigenvalue weighted by Crippen LogP contribution is -2.28. The molecule has 1 aromatic heterocycles. The van der Waals surface area contributed by atoms with Gasteiger partial charge in [0.05, 0.1) is 0 Å². The molecule has 3 N–H and O–H groups in total. The van der Waals surface area contributed by atoms with E-state index in [1.165, 1.54) is 18.5 Å². The van der Waals surface area contributed by atoms with E-state index in [1.54, 1.807) is 0 Å². The highest BCUT2D eigenvalue weighted by atomic mass is 16.2. The zero-order valence-corrected chi connectivity index (χ0v) is 14.1. The summed E-state index contributed by atoms with van der Waals surface area (Å²) in [7, 11) is 0. The number of H-pyrrole nitrogens is 1. The van der Waals surface area contributed by atoms with Crippen molar-refractivity contribution in [2.75, 3.05) is 23.3 Å². The first-order valence-electron chi connectivity index (χ1n) is 8.74. The topological polar surface area (TPSA) is 60.2 Å². The van der Waals surface area contributed by atoms with Crippen molar-refractivity contribution in [3.8, 4) is 0 Å². The van der Waals surface area contributed by atoms with Crippen LogP contribution in [0.25, 0.3) is 10.9 Å². The number of hydrogen-bond donors (Lipinski definition) is 3. The molecule has 5 heteroatoms. The summed E-state index contributed by atoms with van der Waals surface area (Å²) in [6, 6.07) is 15.9. The predicted molar refractivity (Wildman–Crippen MR) is 102 cm³/mol. The van der Waals surface area contributed by atoms with Crippen LogP contribution in [0.5, 0.6) is 0 Å². The minimum Gasteiger partial charge on any atom is -0.371 e. The van der Waals surface area contributed by atoms with Gasteiger partial charge in [-0.2, -0.15) is 0 Å². The molecular formula is C20H22N4O. The third-order valence-electron chi connectivity index (χ3n) is 4.70. The molecular weight excluding hydrogens is 312 g/mol. The van der Waals surface area contributed by atoms with Crippen molar-refractivity contribution in [1.29, 1.82) is 0 Å². The first-order chi connectivity index (χ1) is 12.3. The number of aromatic amines is 1. The first kappa shape index (κ1) is 15.6. The summed E-state index contributed by atoms with van der Waals surface area (Å²) in [4.78, 5) is 17.8. The van der Waals surface area contributed by atoms with Crippen LogP contribution >= 0.6 is 0 Å². The Kier molecular flexibility index (Phi) is 4.29. The van der Waals surface area contributed by atoms with Crippen LogP contribution < -0.4 is 15.5 Å². The Hall–Kier alpha value is -2.95. The summed E-state index contributed by atoms with van der Waals surface area (Å²) >= 11 is 0. The number of amides is 2. The van der Waals surface area contributed by atoms with Crippen LogP contribution in [0.2, 0.25) is 0 Å². The summed E-state index contributed by atoms with van der Waals surface area (Å²) in [5.74, 6) is 0. The van der Waals surface area contributed by atoms with Crippen molar-refractivity contribution in [2.45, 2.75) is 19.4 Å². The fraction of sp³-hybridized carbons (Fsp3) is 0.250. The highest BCUT2D eigenvalue weighted by Crippen LogP contribution is 2.23. The second kappa shape index (κ2) is 6.89. The largest absolute Gasteiger partial charge is 0.371 e. The van der Waals surface area contributed by atoms with E-state index in [9.17, 15) is 4.79 Å². The normalized spacial score (nSPS) is 14.0. The molecule has 2 amide bonds. The van der Waals surface area contributed by atoms with Crippen molar-refractivity contribution in [1.82, 2.24) is 10.3 Å². The first-order valence-corrected chi connectivity index (χ1v) is 8.74. The fourth-order valence-electron chi connectivity index (χ4n) is 3.41. The molecule has 3 aromatic rings. The smallest absolute Gasteiger partial charge is 0.319 e. The van der Waals surface area contributed by atoms with E-state index >= 15 is 0 Å². The van der Waals surface area contributed by atoms with Gasteiger partial charge in [0.2, 0.25) is 0 Å². The Morgan fingerprint density at radius 2 is 1.92 bits per heavy atom. The van der Waals surface area contributed by atoms with Gasteiger partial charge in [0.25, 0.3) is 0 Å². The molecule has 0 aliphatic carbocycles. The van der Waals surface area contributed by atoms with Crippen LogP contribution in [0.15, 0.2) is 54.7 Å². The maximum atomic E-state index is 12.2. The van der Waals surface area contributed by atoms with Crippen LogP contribution in [-0.2, 0) is 6.54 Å². The van der Waals surface area contributed by atoms with E-state index in [4.69, 9.17) is 0 Å². The number of urea groups is 1. The van der Waals surface area contributed by atoms with Gasteiger partial charge in [-0.15, -0.1) is 0 Å². The highest BCUT2D eigenvalue weighted by molar-refractivity contribution is 5.90. The molecule has 2 aromatic carbocycles. The van der Waals surface area contributed by atoms with E-state index in [0.29, 0.717) is 6.54 Å². The Morgan fingerprint density at radius 3 is 2.80 bits per heavy atom. The van der Waals surface area contributed by atoms with Crippen molar-refractivity contribution < 1.29 is 4.79 Å². The molecule has 5 nitrogen and oxygen atoms in total. The van der Waals surface area contributed by atoms with Crippen molar-refractivity contribution in [3.05, 3.63) is 60.3 Å². The van der Waals surface area contributed by atoms with Gasteiger partial charge in [-0.1, -0.05) is 18.2 Å². The van der Waals surface area contributed by atoms with Gasteiger partial charge < -0.3 is 20.5 Å². The number of fused-ring (bicyclic) bond motifs is 1. The Bertz CT molecular complexity index is 880. The number of carbonyl (C=O) groups excluding carboxylic acids is 1. The molecule has 0 radical (unpaired) electrons. The molecule has 4 rings (SSSR count). The monoisotopic (exact) mass is 334 g/mol. The molecule has 1 aliphatic heterocycles. The van der Waals surface area contributed by atoms with Crippen LogP contribution in [0, 0.1) is 0 Å². The Labute approximate surface area is 147 Å². The highest BCUT2D eigenvalue weighted by Gasteiger charge is 2.13. The van der Waals surface area contributed by atoms with Crippen LogP contribution in [0.4, 0.5) is 16.2 Å². The third-order valence-corrected chi connectivity index (χ3v) is 4.70. The fourth-order valence-corrected chi connectivity index (χ4v) is 3.41. The van der Waals surface area contributed by atoms with Gasteiger partial charge in [0.15, 0.2) is 0 Å². The number of benzene rings is 2. The van der Waals surface area contributed by atoms with Crippen molar-refractivity contribution in [2.24, 2.45) is 0 Å². The zero-order valence-electron chi connectivity index (χ0n) is 14.1. The SMILES string of the molecule is O=C(NCc1cccc2[nH]ccc12)Nc1cccc(N2CCCC2)c1.